The summed E-state index contributed by atoms with van der Waals surface area (Å²) in [7, 11) is 0. The summed E-state index contributed by atoms with van der Waals surface area (Å²) < 4.78 is 17.0. The number of carbonyl (C=O) groups is 3. The third-order valence-electron chi connectivity index (χ3n) is 14.6. The van der Waals surface area contributed by atoms with Gasteiger partial charge in [-0.25, -0.2) is 0 Å². The van der Waals surface area contributed by atoms with Crippen molar-refractivity contribution in [2.24, 2.45) is 0 Å². The van der Waals surface area contributed by atoms with Gasteiger partial charge in [0.25, 0.3) is 0 Å². The summed E-state index contributed by atoms with van der Waals surface area (Å²) in [6, 6.07) is 0. The molecule has 0 amide bonds. The second-order valence-electron chi connectivity index (χ2n) is 22.7. The molecular weight excluding hydrogens is 1020 g/mol. The van der Waals surface area contributed by atoms with E-state index in [4.69, 9.17) is 14.2 Å². The molecule has 6 heteroatoms. The summed E-state index contributed by atoms with van der Waals surface area (Å²) >= 11 is 0. The number of rotatable bonds is 62. The average Bonchev–Trinajstić information content (AvgIpc) is 3.49. The third-order valence-corrected chi connectivity index (χ3v) is 14.6. The van der Waals surface area contributed by atoms with Crippen molar-refractivity contribution in [3.05, 3.63) is 134 Å². The van der Waals surface area contributed by atoms with Gasteiger partial charge in [-0.1, -0.05) is 302 Å². The van der Waals surface area contributed by atoms with Crippen LogP contribution in [-0.2, 0) is 28.6 Å². The molecule has 0 aromatic carbocycles. The first-order valence-corrected chi connectivity index (χ1v) is 34.7. The fraction of sp³-hybridized carbons (Fsp3) is 0.675. The molecule has 1 atom stereocenters. The van der Waals surface area contributed by atoms with Crippen LogP contribution in [-0.4, -0.2) is 37.2 Å². The van der Waals surface area contributed by atoms with Gasteiger partial charge in [-0.05, 0) is 128 Å². The third kappa shape index (κ3) is 68.2. The van der Waals surface area contributed by atoms with Crippen LogP contribution in [0.4, 0.5) is 0 Å². The maximum Gasteiger partial charge on any atom is 0.306 e. The van der Waals surface area contributed by atoms with E-state index in [1.54, 1.807) is 0 Å². The molecule has 1 unspecified atom stereocenters. The van der Waals surface area contributed by atoms with Gasteiger partial charge in [0.05, 0.1) is 0 Å². The molecule has 6 nitrogen and oxygen atoms in total. The highest BCUT2D eigenvalue weighted by atomic mass is 16.6. The largest absolute Gasteiger partial charge is 0.462 e. The van der Waals surface area contributed by atoms with Crippen LogP contribution in [0.3, 0.4) is 0 Å². The number of carbonyl (C=O) groups excluding carboxylic acids is 3. The number of esters is 3. The molecule has 0 radical (unpaired) electrons. The molecule has 0 fully saturated rings. The highest BCUT2D eigenvalue weighted by molar-refractivity contribution is 5.71. The Hall–Kier alpha value is -4.45. The normalized spacial score (nSPS) is 13.0. The Balaban J connectivity index is 4.31. The van der Waals surface area contributed by atoms with Crippen LogP contribution < -0.4 is 0 Å². The van der Waals surface area contributed by atoms with E-state index in [9.17, 15) is 14.4 Å². The van der Waals surface area contributed by atoms with E-state index in [0.717, 1.165) is 154 Å². The molecule has 472 valence electrons. The summed E-state index contributed by atoms with van der Waals surface area (Å²) in [6.45, 7) is 6.36. The SMILES string of the molecule is CC/C=C\C/C=C\C/C=C\C/C=C\C/C=C\CCCCCCCCCCCC(=O)OC(COC(=O)CCCCCCC/C=C\C/C=C\CCC)COC(=O)CCCCCCCCCCCCCCCC/C=C\C/C=C\C/C=C\C/C=C\CC. The predicted molar refractivity (Wildman–Crippen MR) is 362 cm³/mol. The zero-order valence-electron chi connectivity index (χ0n) is 54.2. The molecule has 0 saturated heterocycles. The summed E-state index contributed by atoms with van der Waals surface area (Å²) in [5, 5.41) is 0. The quantitative estimate of drug-likeness (QED) is 0.0261. The molecule has 0 N–H and O–H groups in total. The minimum absolute atomic E-state index is 0.0870. The van der Waals surface area contributed by atoms with Gasteiger partial charge in [0, 0.05) is 19.3 Å². The Labute approximate surface area is 513 Å². The summed E-state index contributed by atoms with van der Waals surface area (Å²) in [4.78, 5) is 38.4. The summed E-state index contributed by atoms with van der Waals surface area (Å²) in [5.74, 6) is -0.901. The standard InChI is InChI=1S/C77H128O6/c1-4-7-10-13-16-19-22-25-27-29-31-33-35-37-38-40-41-43-45-47-49-52-55-58-61-64-67-70-76(79)82-73-74(72-81-75(78)69-66-63-60-57-54-51-24-21-18-15-12-9-6-3)83-77(80)71-68-65-62-59-56-53-50-48-46-44-42-39-36-34-32-30-28-26-23-20-17-14-11-8-5-2/h7-8,10-12,15-17,19-21,24-28,31-34,39,42,74H,4-6,9,13-14,18,22-23,29-30,35-38,40-41,43-73H2,1-3H3/b10-7-,11-8-,15-12-,19-16-,20-17-,24-21-,27-25-,28-26-,33-31-,34-32-,42-39-. The maximum atomic E-state index is 13.0. The van der Waals surface area contributed by atoms with Crippen molar-refractivity contribution in [2.75, 3.05) is 13.2 Å². The predicted octanol–water partition coefficient (Wildman–Crippen LogP) is 24.1. The van der Waals surface area contributed by atoms with Gasteiger partial charge in [-0.15, -0.1) is 0 Å². The molecule has 83 heavy (non-hydrogen) atoms. The number of hydrogen-bond acceptors (Lipinski definition) is 6. The van der Waals surface area contributed by atoms with Crippen LogP contribution in [0.5, 0.6) is 0 Å². The minimum atomic E-state index is -0.793. The Kier molecular flexibility index (Phi) is 66.3. The second kappa shape index (κ2) is 70.0. The van der Waals surface area contributed by atoms with Crippen LogP contribution >= 0.6 is 0 Å². The Morgan fingerprint density at radius 3 is 0.735 bits per heavy atom. The fourth-order valence-corrected chi connectivity index (χ4v) is 9.50. The number of ether oxygens (including phenoxy) is 3. The Bertz CT molecular complexity index is 1750. The van der Waals surface area contributed by atoms with Crippen LogP contribution in [0.15, 0.2) is 134 Å². The molecule has 0 spiro atoms. The molecule has 0 aliphatic heterocycles. The van der Waals surface area contributed by atoms with Gasteiger partial charge in [-0.2, -0.15) is 0 Å². The molecular formula is C77H128O6. The molecule has 0 heterocycles. The molecule has 0 bridgehead atoms. The maximum absolute atomic E-state index is 13.0. The van der Waals surface area contributed by atoms with Crippen molar-refractivity contribution in [1.29, 1.82) is 0 Å². The highest BCUT2D eigenvalue weighted by Crippen LogP contribution is 2.17. The van der Waals surface area contributed by atoms with Crippen LogP contribution in [0, 0.1) is 0 Å². The molecule has 0 rings (SSSR count). The lowest BCUT2D eigenvalue weighted by Crippen LogP contribution is -2.30. The Morgan fingerprint density at radius 2 is 0.470 bits per heavy atom. The van der Waals surface area contributed by atoms with Gasteiger partial charge >= 0.3 is 17.9 Å². The first kappa shape index (κ1) is 78.5. The smallest absolute Gasteiger partial charge is 0.306 e. The van der Waals surface area contributed by atoms with Crippen LogP contribution in [0.2, 0.25) is 0 Å². The molecule has 0 aliphatic rings. The highest BCUT2D eigenvalue weighted by Gasteiger charge is 2.19. The van der Waals surface area contributed by atoms with Crippen molar-refractivity contribution >= 4 is 17.9 Å². The molecule has 0 aromatic heterocycles. The van der Waals surface area contributed by atoms with Crippen molar-refractivity contribution in [1.82, 2.24) is 0 Å². The van der Waals surface area contributed by atoms with Crippen molar-refractivity contribution < 1.29 is 28.6 Å². The molecule has 0 aromatic rings. The van der Waals surface area contributed by atoms with E-state index in [2.05, 4.69) is 154 Å². The average molecular weight is 1150 g/mol. The van der Waals surface area contributed by atoms with Gasteiger partial charge in [0.1, 0.15) is 13.2 Å². The summed E-state index contributed by atoms with van der Waals surface area (Å²) in [6.07, 6.45) is 99.0. The van der Waals surface area contributed by atoms with Gasteiger partial charge in [0.15, 0.2) is 6.10 Å². The summed E-state index contributed by atoms with van der Waals surface area (Å²) in [5.41, 5.74) is 0. The molecule has 0 saturated carbocycles. The van der Waals surface area contributed by atoms with Gasteiger partial charge < -0.3 is 14.2 Å². The van der Waals surface area contributed by atoms with Crippen molar-refractivity contribution in [3.8, 4) is 0 Å². The fourth-order valence-electron chi connectivity index (χ4n) is 9.50. The first-order chi connectivity index (χ1) is 41.0. The molecule has 0 aliphatic carbocycles. The number of allylic oxidation sites excluding steroid dienone is 22. The van der Waals surface area contributed by atoms with E-state index in [1.165, 1.54) is 122 Å². The van der Waals surface area contributed by atoms with E-state index in [-0.39, 0.29) is 31.1 Å². The Morgan fingerprint density at radius 1 is 0.253 bits per heavy atom. The topological polar surface area (TPSA) is 78.9 Å². The van der Waals surface area contributed by atoms with Gasteiger partial charge in [-0.3, -0.25) is 14.4 Å². The van der Waals surface area contributed by atoms with Crippen LogP contribution in [0.25, 0.3) is 0 Å². The van der Waals surface area contributed by atoms with E-state index in [0.29, 0.717) is 19.3 Å². The zero-order valence-corrected chi connectivity index (χ0v) is 54.2. The lowest BCUT2D eigenvalue weighted by Gasteiger charge is -2.18. The lowest BCUT2D eigenvalue weighted by atomic mass is 10.0. The van der Waals surface area contributed by atoms with Crippen molar-refractivity contribution in [2.45, 2.75) is 322 Å². The number of unbranched alkanes of at least 4 members (excludes halogenated alkanes) is 29. The van der Waals surface area contributed by atoms with Gasteiger partial charge in [0.2, 0.25) is 0 Å². The van der Waals surface area contributed by atoms with Crippen LogP contribution in [0.1, 0.15) is 316 Å². The monoisotopic (exact) mass is 1150 g/mol. The zero-order chi connectivity index (χ0) is 59.9. The van der Waals surface area contributed by atoms with Crippen molar-refractivity contribution in [3.63, 3.8) is 0 Å². The minimum Gasteiger partial charge on any atom is -0.462 e. The number of hydrogen-bond donors (Lipinski definition) is 0. The lowest BCUT2D eigenvalue weighted by molar-refractivity contribution is -0.167. The van der Waals surface area contributed by atoms with E-state index >= 15 is 0 Å². The first-order valence-electron chi connectivity index (χ1n) is 34.7. The van der Waals surface area contributed by atoms with E-state index < -0.39 is 6.10 Å². The van der Waals surface area contributed by atoms with E-state index in [1.807, 2.05) is 0 Å². The second-order valence-corrected chi connectivity index (χ2v) is 22.7.